The predicted molar refractivity (Wildman–Crippen MR) is 107 cm³/mol. The van der Waals surface area contributed by atoms with E-state index in [-0.39, 0.29) is 0 Å². The molecule has 3 rings (SSSR count). The monoisotopic (exact) mass is 397 g/mol. The van der Waals surface area contributed by atoms with Crippen molar-refractivity contribution in [1.29, 1.82) is 5.39 Å². The van der Waals surface area contributed by atoms with Gasteiger partial charge in [0, 0.05) is 28.4 Å². The molecule has 1 N–H and O–H groups in total. The first-order valence-corrected chi connectivity index (χ1v) is 8.95. The Balaban J connectivity index is 0.000000221. The van der Waals surface area contributed by atoms with E-state index in [9.17, 15) is 5.26 Å². The molecule has 7 nitrogen and oxygen atoms in total. The quantitative estimate of drug-likeness (QED) is 0.266. The molecule has 8 heteroatoms. The lowest BCUT2D eigenvalue weighted by Gasteiger charge is -2.06. The van der Waals surface area contributed by atoms with Crippen molar-refractivity contribution in [2.45, 2.75) is 11.8 Å². The number of benzene rings is 3. The summed E-state index contributed by atoms with van der Waals surface area (Å²) in [5.41, 5.74) is 3.44. The first-order chi connectivity index (χ1) is 13.7. The van der Waals surface area contributed by atoms with Crippen molar-refractivity contribution in [3.8, 4) is 5.75 Å². The maximum atomic E-state index is 9.43. The van der Waals surface area contributed by atoms with E-state index in [1.54, 1.807) is 12.1 Å². The molecule has 144 valence electrons. The summed E-state index contributed by atoms with van der Waals surface area (Å²) in [5, 5.41) is 24.6. The van der Waals surface area contributed by atoms with Gasteiger partial charge in [0.2, 0.25) is 11.1 Å². The highest BCUT2D eigenvalue weighted by atomic mass is 32.2. The van der Waals surface area contributed by atoms with Crippen LogP contribution in [0, 0.1) is 12.3 Å². The first-order valence-electron chi connectivity index (χ1n) is 8.21. The summed E-state index contributed by atoms with van der Waals surface area (Å²) < 4.78 is 9.24. The number of para-hydroxylation sites is 1. The lowest BCUT2D eigenvalue weighted by Crippen LogP contribution is -2.00. The molecule has 3 aromatic rings. The van der Waals surface area contributed by atoms with E-state index in [0.29, 0.717) is 11.4 Å². The topological polar surface area (TPSA) is 90.9 Å². The van der Waals surface area contributed by atoms with E-state index < -0.39 is 0 Å². The smallest absolute Gasteiger partial charge is 0.426 e. The third kappa shape index (κ3) is 6.90. The fraction of sp³-hybridized carbons (Fsp3) is 0.100. The van der Waals surface area contributed by atoms with Crippen molar-refractivity contribution < 1.29 is 19.4 Å². The number of aryl methyl sites for hydroxylation is 1. The van der Waals surface area contributed by atoms with Crippen LogP contribution in [0.15, 0.2) is 77.7 Å². The molecule has 0 heterocycles. The SMILES string of the molecule is COc1cc(Nc2ccccc2)ccc1[N+]#N.Cc1ccc(SOO[O-])cc1. The molecule has 0 aliphatic carbocycles. The second kappa shape index (κ2) is 11.6. The minimum absolute atomic E-state index is 0.408. The van der Waals surface area contributed by atoms with Crippen LogP contribution in [0.4, 0.5) is 17.1 Å². The van der Waals surface area contributed by atoms with Crippen LogP contribution in [0.2, 0.25) is 0 Å². The number of diazo groups is 1. The molecule has 0 aliphatic heterocycles. The molecule has 0 aromatic heterocycles. The summed E-state index contributed by atoms with van der Waals surface area (Å²) in [7, 11) is 1.54. The molecule has 0 unspecified atom stereocenters. The highest BCUT2D eigenvalue weighted by Gasteiger charge is 2.14. The van der Waals surface area contributed by atoms with Gasteiger partial charge in [-0.3, -0.25) is 5.04 Å². The van der Waals surface area contributed by atoms with Crippen LogP contribution in [-0.4, -0.2) is 7.11 Å². The molecule has 0 atom stereocenters. The molecular formula is C20H19N3O4S. The van der Waals surface area contributed by atoms with E-state index >= 15 is 0 Å². The van der Waals surface area contributed by atoms with E-state index in [0.717, 1.165) is 33.9 Å². The number of hydrogen-bond donors (Lipinski definition) is 1. The van der Waals surface area contributed by atoms with Gasteiger partial charge in [0.05, 0.1) is 19.2 Å². The summed E-state index contributed by atoms with van der Waals surface area (Å²) in [6, 6.07) is 22.6. The van der Waals surface area contributed by atoms with Gasteiger partial charge in [0.15, 0.2) is 4.98 Å². The molecule has 0 bridgehead atoms. The predicted octanol–water partition coefficient (Wildman–Crippen LogP) is 5.15. The molecule has 0 aliphatic rings. The minimum atomic E-state index is 0.408. The number of methoxy groups -OCH3 is 1. The molecule has 0 fully saturated rings. The van der Waals surface area contributed by atoms with Crippen molar-refractivity contribution in [3.63, 3.8) is 0 Å². The van der Waals surface area contributed by atoms with Gasteiger partial charge in [-0.15, -0.1) is 0 Å². The molecule has 3 aromatic carbocycles. The second-order valence-electron chi connectivity index (χ2n) is 5.51. The van der Waals surface area contributed by atoms with Crippen LogP contribution in [0.3, 0.4) is 0 Å². The fourth-order valence-electron chi connectivity index (χ4n) is 2.17. The Morgan fingerprint density at radius 3 is 2.29 bits per heavy atom. The largest absolute Gasteiger partial charge is 0.691 e. The molecule has 0 saturated carbocycles. The van der Waals surface area contributed by atoms with E-state index in [1.165, 1.54) is 7.11 Å². The van der Waals surface area contributed by atoms with E-state index in [2.05, 4.69) is 19.7 Å². The van der Waals surface area contributed by atoms with Crippen molar-refractivity contribution in [3.05, 3.63) is 83.3 Å². The van der Waals surface area contributed by atoms with Gasteiger partial charge in [-0.2, -0.15) is 4.33 Å². The Labute approximate surface area is 167 Å². The standard InChI is InChI=1S/C13H12N3O.C7H8O3S/c1-17-13-9-11(7-8-12(13)16-14)15-10-5-3-2-4-6-10;1-6-2-4-7(5-3-6)11-10-9-8/h2-9,15H,1H3;2-5,8H,1H3/q+1;/p-1. The number of nitrogens with one attached hydrogen (secondary N) is 1. The van der Waals surface area contributed by atoms with Crippen LogP contribution in [0.1, 0.15) is 5.56 Å². The Kier molecular flexibility index (Phi) is 8.78. The fourth-order valence-corrected chi connectivity index (χ4v) is 2.53. The van der Waals surface area contributed by atoms with Crippen LogP contribution in [0.5, 0.6) is 5.75 Å². The molecular weight excluding hydrogens is 378 g/mol. The number of ether oxygens (including phenoxy) is 1. The Hall–Kier alpha value is -3.09. The van der Waals surface area contributed by atoms with Gasteiger partial charge >= 0.3 is 5.69 Å². The lowest BCUT2D eigenvalue weighted by molar-refractivity contribution is -0.777. The van der Waals surface area contributed by atoms with Crippen molar-refractivity contribution in [2.75, 3.05) is 12.4 Å². The number of anilines is 2. The molecule has 0 amide bonds. The normalized spacial score (nSPS) is 9.64. The molecule has 0 spiro atoms. The van der Waals surface area contributed by atoms with Gasteiger partial charge in [0.1, 0.15) is 0 Å². The molecule has 0 saturated heterocycles. The number of rotatable bonds is 6. The number of nitrogens with zero attached hydrogens (tertiary/aromatic N) is 2. The van der Waals surface area contributed by atoms with Crippen LogP contribution in [-0.2, 0) is 9.37 Å². The Morgan fingerprint density at radius 2 is 1.68 bits per heavy atom. The maximum absolute atomic E-state index is 9.43. The Morgan fingerprint density at radius 1 is 0.964 bits per heavy atom. The highest BCUT2D eigenvalue weighted by Crippen LogP contribution is 2.31. The maximum Gasteiger partial charge on any atom is 0.426 e. The minimum Gasteiger partial charge on any atom is -0.691 e. The van der Waals surface area contributed by atoms with Crippen LogP contribution < -0.4 is 15.3 Å². The van der Waals surface area contributed by atoms with Gasteiger partial charge in [-0.05, 0) is 37.3 Å². The van der Waals surface area contributed by atoms with Crippen LogP contribution >= 0.6 is 12.0 Å². The second-order valence-corrected chi connectivity index (χ2v) is 6.28. The summed E-state index contributed by atoms with van der Waals surface area (Å²) in [4.78, 5) is 3.98. The molecule has 0 radical (unpaired) electrons. The van der Waals surface area contributed by atoms with E-state index in [4.69, 9.17) is 10.1 Å². The Bertz CT molecular complexity index is 900. The van der Waals surface area contributed by atoms with Crippen LogP contribution in [0.25, 0.3) is 4.98 Å². The zero-order chi connectivity index (χ0) is 20.2. The van der Waals surface area contributed by atoms with Crippen molar-refractivity contribution >= 4 is 29.1 Å². The third-order valence-corrected chi connectivity index (χ3v) is 4.12. The van der Waals surface area contributed by atoms with Gasteiger partial charge in [-0.25, -0.2) is 0 Å². The first kappa shape index (κ1) is 21.2. The van der Waals surface area contributed by atoms with E-state index in [1.807, 2.05) is 67.6 Å². The van der Waals surface area contributed by atoms with Gasteiger partial charge < -0.3 is 15.3 Å². The zero-order valence-corrected chi connectivity index (χ0v) is 16.2. The molecule has 28 heavy (non-hydrogen) atoms. The third-order valence-electron chi connectivity index (χ3n) is 3.53. The summed E-state index contributed by atoms with van der Waals surface area (Å²) >= 11 is 0.894. The summed E-state index contributed by atoms with van der Waals surface area (Å²) in [6.45, 7) is 1.99. The number of hydrogen-bond acceptors (Lipinski definition) is 7. The average Bonchev–Trinajstić information content (AvgIpc) is 2.74. The van der Waals surface area contributed by atoms with Gasteiger partial charge in [0.25, 0.3) is 0 Å². The zero-order valence-electron chi connectivity index (χ0n) is 15.4. The highest BCUT2D eigenvalue weighted by molar-refractivity contribution is 7.94. The van der Waals surface area contributed by atoms with Crippen molar-refractivity contribution in [1.82, 2.24) is 0 Å². The summed E-state index contributed by atoms with van der Waals surface area (Å²) in [6.07, 6.45) is 0. The average molecular weight is 397 g/mol. The summed E-state index contributed by atoms with van der Waals surface area (Å²) in [5.74, 6) is 0.522. The lowest BCUT2D eigenvalue weighted by atomic mass is 10.2. The van der Waals surface area contributed by atoms with Crippen molar-refractivity contribution in [2.24, 2.45) is 0 Å². The van der Waals surface area contributed by atoms with Gasteiger partial charge in [-0.1, -0.05) is 35.9 Å².